The highest BCUT2D eigenvalue weighted by Crippen LogP contribution is 2.51. The molecule has 0 bridgehead atoms. The monoisotopic (exact) mass is 263 g/mol. The Morgan fingerprint density at radius 1 is 1.24 bits per heavy atom. The molecule has 0 amide bonds. The van der Waals surface area contributed by atoms with Crippen LogP contribution >= 0.6 is 23.1 Å². The number of anilines is 1. The standard InChI is InChI=1S/C12H13N3S2/c13-11-14-15-12(17-11)16-10(9-6-7-9)8-4-2-1-3-5-8/h1-5,9-10H,6-7H2,(H2,13,14). The summed E-state index contributed by atoms with van der Waals surface area (Å²) in [4.78, 5) is 0. The Balaban J connectivity index is 1.81. The summed E-state index contributed by atoms with van der Waals surface area (Å²) in [5.74, 6) is 0.785. The number of nitrogen functional groups attached to an aromatic ring is 1. The lowest BCUT2D eigenvalue weighted by atomic mass is 10.1. The molecular formula is C12H13N3S2. The predicted octanol–water partition coefficient (Wildman–Crippen LogP) is 3.36. The molecule has 1 heterocycles. The summed E-state index contributed by atoms with van der Waals surface area (Å²) in [5.41, 5.74) is 7.00. The summed E-state index contributed by atoms with van der Waals surface area (Å²) >= 11 is 3.27. The summed E-state index contributed by atoms with van der Waals surface area (Å²) in [6.45, 7) is 0. The number of rotatable bonds is 4. The zero-order chi connectivity index (χ0) is 11.7. The van der Waals surface area contributed by atoms with Crippen LogP contribution in [0, 0.1) is 5.92 Å². The van der Waals surface area contributed by atoms with Crippen LogP contribution in [-0.4, -0.2) is 10.2 Å². The number of hydrogen-bond acceptors (Lipinski definition) is 5. The summed E-state index contributed by atoms with van der Waals surface area (Å²) in [6.07, 6.45) is 2.64. The van der Waals surface area contributed by atoms with Gasteiger partial charge in [-0.1, -0.05) is 53.4 Å². The van der Waals surface area contributed by atoms with Gasteiger partial charge in [0.2, 0.25) is 5.13 Å². The average Bonchev–Trinajstić information content (AvgIpc) is 3.11. The fourth-order valence-electron chi connectivity index (χ4n) is 1.85. The molecule has 2 aromatic rings. The number of thioether (sulfide) groups is 1. The number of hydrogen-bond donors (Lipinski definition) is 1. The Morgan fingerprint density at radius 2 is 2.00 bits per heavy atom. The molecule has 1 saturated carbocycles. The zero-order valence-corrected chi connectivity index (χ0v) is 10.9. The molecule has 1 atom stereocenters. The Bertz CT molecular complexity index is 493. The van der Waals surface area contributed by atoms with Gasteiger partial charge in [0.1, 0.15) is 0 Å². The van der Waals surface area contributed by atoms with Crippen molar-refractivity contribution in [2.45, 2.75) is 22.4 Å². The van der Waals surface area contributed by atoms with Gasteiger partial charge in [0.05, 0.1) is 0 Å². The van der Waals surface area contributed by atoms with Crippen LogP contribution in [0.15, 0.2) is 34.7 Å². The normalized spacial score (nSPS) is 16.9. The maximum atomic E-state index is 5.62. The van der Waals surface area contributed by atoms with Crippen molar-refractivity contribution >= 4 is 28.2 Å². The SMILES string of the molecule is Nc1nnc(SC(c2ccccc2)C2CC2)s1. The molecule has 1 aromatic heterocycles. The van der Waals surface area contributed by atoms with E-state index >= 15 is 0 Å². The van der Waals surface area contributed by atoms with E-state index in [0.29, 0.717) is 10.4 Å². The van der Waals surface area contributed by atoms with E-state index in [-0.39, 0.29) is 0 Å². The van der Waals surface area contributed by atoms with E-state index in [1.54, 1.807) is 11.8 Å². The highest BCUT2D eigenvalue weighted by Gasteiger charge is 2.33. The van der Waals surface area contributed by atoms with Crippen molar-refractivity contribution in [3.05, 3.63) is 35.9 Å². The first-order valence-electron chi connectivity index (χ1n) is 5.63. The third kappa shape index (κ3) is 2.61. The third-order valence-corrected chi connectivity index (χ3v) is 5.11. The minimum absolute atomic E-state index is 0.503. The van der Waals surface area contributed by atoms with Crippen LogP contribution in [0.4, 0.5) is 5.13 Å². The molecule has 0 saturated heterocycles. The number of benzene rings is 1. The summed E-state index contributed by atoms with van der Waals surface area (Å²) in [6, 6.07) is 10.6. The van der Waals surface area contributed by atoms with Gasteiger partial charge >= 0.3 is 0 Å². The van der Waals surface area contributed by atoms with Gasteiger partial charge in [-0.2, -0.15) is 0 Å². The number of nitrogens with two attached hydrogens (primary N) is 1. The molecule has 0 aliphatic heterocycles. The second kappa shape index (κ2) is 4.66. The highest BCUT2D eigenvalue weighted by molar-refractivity contribution is 8.01. The second-order valence-electron chi connectivity index (χ2n) is 4.19. The fraction of sp³-hybridized carbons (Fsp3) is 0.333. The predicted molar refractivity (Wildman–Crippen MR) is 72.1 cm³/mol. The second-order valence-corrected chi connectivity index (χ2v) is 6.59. The topological polar surface area (TPSA) is 51.8 Å². The van der Waals surface area contributed by atoms with Gasteiger partial charge in [-0.15, -0.1) is 10.2 Å². The largest absolute Gasteiger partial charge is 0.374 e. The Kier molecular flexibility index (Phi) is 3.03. The first kappa shape index (κ1) is 11.0. The van der Waals surface area contributed by atoms with E-state index in [2.05, 4.69) is 40.5 Å². The van der Waals surface area contributed by atoms with Crippen molar-refractivity contribution in [1.29, 1.82) is 0 Å². The number of nitrogens with zero attached hydrogens (tertiary/aromatic N) is 2. The van der Waals surface area contributed by atoms with Crippen molar-refractivity contribution in [2.75, 3.05) is 5.73 Å². The Morgan fingerprint density at radius 3 is 2.59 bits per heavy atom. The molecule has 1 unspecified atom stereocenters. The highest BCUT2D eigenvalue weighted by atomic mass is 32.2. The van der Waals surface area contributed by atoms with Gasteiger partial charge < -0.3 is 5.73 Å². The van der Waals surface area contributed by atoms with Crippen LogP contribution in [0.1, 0.15) is 23.7 Å². The molecule has 1 aliphatic carbocycles. The van der Waals surface area contributed by atoms with Gasteiger partial charge in [0, 0.05) is 5.25 Å². The molecule has 0 spiro atoms. The molecule has 1 aromatic carbocycles. The van der Waals surface area contributed by atoms with Crippen molar-refractivity contribution in [3.8, 4) is 0 Å². The van der Waals surface area contributed by atoms with Gasteiger partial charge in [0.25, 0.3) is 0 Å². The molecule has 0 radical (unpaired) electrons. The van der Waals surface area contributed by atoms with E-state index in [0.717, 1.165) is 10.3 Å². The van der Waals surface area contributed by atoms with Crippen molar-refractivity contribution in [2.24, 2.45) is 5.92 Å². The summed E-state index contributed by atoms with van der Waals surface area (Å²) < 4.78 is 0.975. The van der Waals surface area contributed by atoms with Crippen LogP contribution in [0.2, 0.25) is 0 Å². The molecule has 2 N–H and O–H groups in total. The van der Waals surface area contributed by atoms with Crippen molar-refractivity contribution in [1.82, 2.24) is 10.2 Å². The van der Waals surface area contributed by atoms with Crippen molar-refractivity contribution < 1.29 is 0 Å². The number of aromatic nitrogens is 2. The van der Waals surface area contributed by atoms with E-state index in [1.165, 1.54) is 29.7 Å². The van der Waals surface area contributed by atoms with E-state index in [4.69, 9.17) is 5.73 Å². The van der Waals surface area contributed by atoms with E-state index in [9.17, 15) is 0 Å². The molecule has 3 rings (SSSR count). The van der Waals surface area contributed by atoms with Gasteiger partial charge in [0.15, 0.2) is 4.34 Å². The molecule has 1 aliphatic rings. The van der Waals surface area contributed by atoms with Crippen LogP contribution in [0.25, 0.3) is 0 Å². The quantitative estimate of drug-likeness (QED) is 0.859. The minimum atomic E-state index is 0.503. The summed E-state index contributed by atoms with van der Waals surface area (Å²) in [5, 5.41) is 9.02. The van der Waals surface area contributed by atoms with Crippen LogP contribution in [0.3, 0.4) is 0 Å². The molecule has 17 heavy (non-hydrogen) atoms. The maximum Gasteiger partial charge on any atom is 0.203 e. The minimum Gasteiger partial charge on any atom is -0.374 e. The summed E-state index contributed by atoms with van der Waals surface area (Å²) in [7, 11) is 0. The van der Waals surface area contributed by atoms with Gasteiger partial charge in [-0.3, -0.25) is 0 Å². The first-order chi connectivity index (χ1) is 8.33. The van der Waals surface area contributed by atoms with Crippen LogP contribution in [0.5, 0.6) is 0 Å². The molecule has 3 nitrogen and oxygen atoms in total. The van der Waals surface area contributed by atoms with Crippen LogP contribution in [-0.2, 0) is 0 Å². The lowest BCUT2D eigenvalue weighted by Crippen LogP contribution is -1.95. The first-order valence-corrected chi connectivity index (χ1v) is 7.33. The molecule has 88 valence electrons. The lowest BCUT2D eigenvalue weighted by molar-refractivity contribution is 0.806. The maximum absolute atomic E-state index is 5.62. The fourth-order valence-corrected chi connectivity index (χ4v) is 4.02. The van der Waals surface area contributed by atoms with Crippen LogP contribution < -0.4 is 5.73 Å². The van der Waals surface area contributed by atoms with E-state index < -0.39 is 0 Å². The average molecular weight is 263 g/mol. The molecule has 5 heteroatoms. The van der Waals surface area contributed by atoms with E-state index in [1.807, 2.05) is 0 Å². The molecule has 1 fully saturated rings. The van der Waals surface area contributed by atoms with Crippen molar-refractivity contribution in [3.63, 3.8) is 0 Å². The lowest BCUT2D eigenvalue weighted by Gasteiger charge is -2.13. The van der Waals surface area contributed by atoms with Gasteiger partial charge in [-0.05, 0) is 24.3 Å². The smallest absolute Gasteiger partial charge is 0.203 e. The molecular weight excluding hydrogens is 250 g/mol. The Labute approximate surface area is 108 Å². The third-order valence-electron chi connectivity index (χ3n) is 2.83. The van der Waals surface area contributed by atoms with Gasteiger partial charge in [-0.25, -0.2) is 0 Å². The Hall–Kier alpha value is -1.07. The zero-order valence-electron chi connectivity index (χ0n) is 9.24.